The molecule has 46 heavy (non-hydrogen) atoms. The maximum atomic E-state index is 5.04. The minimum atomic E-state index is 0.500. The second kappa shape index (κ2) is 10.6. The number of aromatic amines is 2. The standard InChI is InChI=1S/C36H20N9.Zn/c1-2-14-24-23(13-1)31-39-29-20-21(10-9-12-22-11-7-8-19-37-22)30(38-29)40-32-25-15-3-4-16-26(25)34(42-32)44-36-28-18-6-5-17-27(28)35(45-36)43-33(24)41-31;/h1-11,13-19H,(H2,38,39,40,41,42,43,44,45);/q-1;/b10-9-;. The normalized spacial score (nSPS) is 12.0. The topological polar surface area (TPSA) is 122 Å². The van der Waals surface area contributed by atoms with Gasteiger partial charge in [0.2, 0.25) is 0 Å². The molecule has 0 amide bonds. The summed E-state index contributed by atoms with van der Waals surface area (Å²) in [5.41, 5.74) is 7.70. The van der Waals surface area contributed by atoms with Crippen LogP contribution in [0.25, 0.3) is 85.0 Å². The van der Waals surface area contributed by atoms with Crippen LogP contribution in [0.5, 0.6) is 0 Å². The van der Waals surface area contributed by atoms with E-state index in [4.69, 9.17) is 29.9 Å². The van der Waals surface area contributed by atoms with E-state index >= 15 is 0 Å². The zero-order chi connectivity index (χ0) is 30.6. The Morgan fingerprint density at radius 2 is 1.09 bits per heavy atom. The molecule has 2 N–H and O–H groups in total. The van der Waals surface area contributed by atoms with Crippen LogP contribution in [0.1, 0.15) is 11.3 Å². The molecular formula is C36H20N9Zn-. The van der Waals surface area contributed by atoms with Crippen molar-refractivity contribution in [3.05, 3.63) is 121 Å². The molecule has 212 valence electrons. The Balaban J connectivity index is 1.37. The average molecular weight is 644 g/mol. The third-order valence-electron chi connectivity index (χ3n) is 7.98. The maximum absolute atomic E-state index is 5.04. The predicted octanol–water partition coefficient (Wildman–Crippen LogP) is 6.69. The molecule has 0 aliphatic carbocycles. The van der Waals surface area contributed by atoms with E-state index in [0.29, 0.717) is 45.9 Å². The number of rotatable bonds is 3. The van der Waals surface area contributed by atoms with Gasteiger partial charge in [-0.25, -0.2) is 0 Å². The summed E-state index contributed by atoms with van der Waals surface area (Å²) >= 11 is 0.937. The second-order valence-electron chi connectivity index (χ2n) is 10.9. The summed E-state index contributed by atoms with van der Waals surface area (Å²) in [6.45, 7) is 0. The van der Waals surface area contributed by atoms with Gasteiger partial charge in [-0.2, -0.15) is 0 Å². The molecule has 0 spiro atoms. The number of allylic oxidation sites excluding steroid dienone is 1. The molecule has 0 fully saturated rings. The SMILES string of the molecule is [Zn]=[C](/C=C\c1[c-]c2nc3nc(nc4[nH]c(nc5nc(nc1[nH]2)-c1ccccc1-5)c1ccccc41)-c1ccccc1-3)c1ccccn1. The number of pyridine rings is 1. The first-order chi connectivity index (χ1) is 22.7. The van der Waals surface area contributed by atoms with Crippen molar-refractivity contribution in [3.63, 3.8) is 0 Å². The number of nitrogens with zero attached hydrogens (tertiary/aromatic N) is 7. The molecule has 0 saturated heterocycles. The van der Waals surface area contributed by atoms with Crippen LogP contribution in [-0.2, 0) is 17.9 Å². The number of fused-ring (bicyclic) bond motifs is 17. The first kappa shape index (κ1) is 26.5. The van der Waals surface area contributed by atoms with Gasteiger partial charge in [0.15, 0.2) is 0 Å². The van der Waals surface area contributed by atoms with Crippen LogP contribution in [0.2, 0.25) is 0 Å². The predicted molar refractivity (Wildman–Crippen MR) is 175 cm³/mol. The number of benzene rings is 3. The van der Waals surface area contributed by atoms with Gasteiger partial charge in [-0.05, 0) is 0 Å². The Kier molecular flexibility index (Phi) is 6.14. The van der Waals surface area contributed by atoms with E-state index in [1.165, 1.54) is 0 Å². The van der Waals surface area contributed by atoms with Crippen LogP contribution in [0.3, 0.4) is 0 Å². The third kappa shape index (κ3) is 4.50. The van der Waals surface area contributed by atoms with E-state index < -0.39 is 0 Å². The molecule has 4 aromatic heterocycles. The van der Waals surface area contributed by atoms with Crippen molar-refractivity contribution in [1.29, 1.82) is 0 Å². The van der Waals surface area contributed by atoms with Crippen LogP contribution in [0.15, 0.2) is 103 Å². The van der Waals surface area contributed by atoms with Crippen molar-refractivity contribution in [2.45, 2.75) is 0 Å². The van der Waals surface area contributed by atoms with Gasteiger partial charge in [0.1, 0.15) is 0 Å². The van der Waals surface area contributed by atoms with Crippen LogP contribution >= 0.6 is 0 Å². The van der Waals surface area contributed by atoms with Gasteiger partial charge in [-0.1, -0.05) is 24.3 Å². The van der Waals surface area contributed by atoms with E-state index in [1.54, 1.807) is 6.20 Å². The van der Waals surface area contributed by atoms with Gasteiger partial charge in [0, 0.05) is 5.39 Å². The van der Waals surface area contributed by atoms with Crippen molar-refractivity contribution in [2.75, 3.05) is 0 Å². The molecule has 0 unspecified atom stereocenters. The monoisotopic (exact) mass is 642 g/mol. The quantitative estimate of drug-likeness (QED) is 0.162. The molecule has 0 atom stereocenters. The van der Waals surface area contributed by atoms with E-state index in [0.717, 1.165) is 66.2 Å². The van der Waals surface area contributed by atoms with E-state index in [9.17, 15) is 0 Å². The average Bonchev–Trinajstić information content (AvgIpc) is 3.84. The summed E-state index contributed by atoms with van der Waals surface area (Å²) in [7, 11) is 0. The number of nitrogens with one attached hydrogen (secondary N) is 2. The molecule has 3 aromatic carbocycles. The van der Waals surface area contributed by atoms with Gasteiger partial charge < -0.3 is 0 Å². The van der Waals surface area contributed by atoms with Crippen LogP contribution in [0.4, 0.5) is 0 Å². The number of hydrogen-bond donors (Lipinski definition) is 2. The van der Waals surface area contributed by atoms with Gasteiger partial charge in [-0.3, -0.25) is 0 Å². The number of aromatic nitrogens is 9. The summed E-state index contributed by atoms with van der Waals surface area (Å²) in [5.74, 6) is 2.24. The molecule has 9 rings (SSSR count). The van der Waals surface area contributed by atoms with Crippen LogP contribution in [-0.4, -0.2) is 49.0 Å². The molecule has 0 radical (unpaired) electrons. The third-order valence-corrected chi connectivity index (χ3v) is 9.23. The van der Waals surface area contributed by atoms with Crippen LogP contribution in [0, 0.1) is 6.07 Å². The second-order valence-corrected chi connectivity index (χ2v) is 12.5. The molecule has 2 aliphatic rings. The van der Waals surface area contributed by atoms with Crippen molar-refractivity contribution in [2.24, 2.45) is 0 Å². The fourth-order valence-electron chi connectivity index (χ4n) is 5.76. The van der Waals surface area contributed by atoms with Gasteiger partial charge in [-0.15, -0.1) is 0 Å². The first-order valence-corrected chi connectivity index (χ1v) is 16.2. The number of H-pyrrole nitrogens is 2. The molecule has 2 aliphatic heterocycles. The van der Waals surface area contributed by atoms with Crippen molar-refractivity contribution >= 4 is 43.5 Å². The fraction of sp³-hybridized carbons (Fsp3) is 0. The van der Waals surface area contributed by atoms with E-state index in [1.807, 2.05) is 97.1 Å². The van der Waals surface area contributed by atoms with E-state index in [2.05, 4.69) is 27.1 Å². The molecule has 9 nitrogen and oxygen atoms in total. The molecular weight excluding hydrogens is 624 g/mol. The van der Waals surface area contributed by atoms with Crippen molar-refractivity contribution < 1.29 is 17.9 Å². The summed E-state index contributed by atoms with van der Waals surface area (Å²) < 4.78 is 1.13. The first-order valence-electron chi connectivity index (χ1n) is 14.7. The van der Waals surface area contributed by atoms with Gasteiger partial charge in [0.05, 0.1) is 0 Å². The zero-order valence-corrected chi connectivity index (χ0v) is 27.2. The van der Waals surface area contributed by atoms with Gasteiger partial charge in [0.25, 0.3) is 0 Å². The molecule has 6 heterocycles. The van der Waals surface area contributed by atoms with Crippen molar-refractivity contribution in [3.8, 4) is 45.6 Å². The Labute approximate surface area is 271 Å². The molecule has 8 bridgehead atoms. The Morgan fingerprint density at radius 1 is 0.565 bits per heavy atom. The zero-order valence-electron chi connectivity index (χ0n) is 24.2. The summed E-state index contributed by atoms with van der Waals surface area (Å²) in [5, 5.41) is 1.88. The Bertz CT molecular complexity index is 2570. The number of hydrogen-bond acceptors (Lipinski definition) is 7. The van der Waals surface area contributed by atoms with Crippen LogP contribution < -0.4 is 0 Å². The summed E-state index contributed by atoms with van der Waals surface area (Å²) in [6.07, 6.45) is 5.86. The Hall–Kier alpha value is -5.86. The molecule has 7 aromatic rings. The summed E-state index contributed by atoms with van der Waals surface area (Å²) in [4.78, 5) is 41.2. The molecule has 10 heteroatoms. The minimum absolute atomic E-state index is 0.500. The fourth-order valence-corrected chi connectivity index (χ4v) is 6.44. The summed E-state index contributed by atoms with van der Waals surface area (Å²) in [6, 6.07) is 33.4. The molecule has 0 saturated carbocycles. The Morgan fingerprint density at radius 3 is 1.65 bits per heavy atom. The van der Waals surface area contributed by atoms with E-state index in [-0.39, 0.29) is 0 Å². The van der Waals surface area contributed by atoms with Crippen molar-refractivity contribution in [1.82, 2.24) is 44.9 Å². The van der Waals surface area contributed by atoms with Gasteiger partial charge >= 0.3 is 243 Å².